The number of aliphatic hydroxyl groups excluding tert-OH is 1. The third-order valence-corrected chi connectivity index (χ3v) is 1.60. The smallest absolute Gasteiger partial charge is 0.328 e. The molecule has 14 heavy (non-hydrogen) atoms. The lowest BCUT2D eigenvalue weighted by Gasteiger charge is -2.12. The molecule has 0 fully saturated rings. The number of anilines is 1. The van der Waals surface area contributed by atoms with E-state index in [0.29, 0.717) is 5.69 Å². The lowest BCUT2D eigenvalue weighted by Crippen LogP contribution is -2.32. The van der Waals surface area contributed by atoms with Crippen molar-refractivity contribution in [1.82, 2.24) is 0 Å². The number of carboxylic acids is 1. The largest absolute Gasteiger partial charge is 0.480 e. The zero-order valence-corrected chi connectivity index (χ0v) is 7.55. The third-order valence-electron chi connectivity index (χ3n) is 1.60. The first-order valence-corrected chi connectivity index (χ1v) is 3.89. The Morgan fingerprint density at radius 2 is 1.93 bits per heavy atom. The van der Waals surface area contributed by atoms with Crippen molar-refractivity contribution in [3.63, 3.8) is 0 Å². The second kappa shape index (κ2) is 6.04. The number of hydrogen-bond donors (Lipinski definition) is 3. The summed E-state index contributed by atoms with van der Waals surface area (Å²) < 4.78 is 0. The number of nitrogens with one attached hydrogen (secondary N) is 1. The molecule has 0 heterocycles. The highest BCUT2D eigenvalue weighted by atomic mass is 16.4. The molecule has 0 unspecified atom stereocenters. The molecule has 0 aliphatic heterocycles. The number of carboxylic acid groups (broad SMARTS) is 1. The Hall–Kier alpha value is -1.49. The summed E-state index contributed by atoms with van der Waals surface area (Å²) in [6, 6.07) is 7.95. The van der Waals surface area contributed by atoms with E-state index in [1.807, 2.05) is 6.07 Å². The van der Waals surface area contributed by atoms with Gasteiger partial charge in [0.1, 0.15) is 6.04 Å². The van der Waals surface area contributed by atoms with Gasteiger partial charge in [0.05, 0.1) is 6.61 Å². The average Bonchev–Trinajstić information content (AvgIpc) is 2.15. The number of hydrogen-bond acceptors (Lipinski definition) is 3. The highest BCUT2D eigenvalue weighted by Crippen LogP contribution is 2.06. The van der Waals surface area contributed by atoms with Gasteiger partial charge in [-0.25, -0.2) is 4.79 Å². The van der Waals surface area contributed by atoms with Crippen LogP contribution in [0.15, 0.2) is 30.3 Å². The van der Waals surface area contributed by atoms with Crippen LogP contribution in [0, 0.1) is 0 Å². The van der Waals surface area contributed by atoms with E-state index in [1.165, 1.54) is 0 Å². The van der Waals surface area contributed by atoms with E-state index < -0.39 is 18.6 Å². The van der Waals surface area contributed by atoms with Crippen LogP contribution in [-0.4, -0.2) is 37.2 Å². The van der Waals surface area contributed by atoms with E-state index in [9.17, 15) is 4.79 Å². The van der Waals surface area contributed by atoms with Crippen molar-refractivity contribution in [2.75, 3.05) is 11.9 Å². The number of aliphatic hydroxyl groups is 1. The molecule has 1 atom stereocenters. The molecule has 0 bridgehead atoms. The van der Waals surface area contributed by atoms with Gasteiger partial charge in [0.15, 0.2) is 0 Å². The van der Waals surface area contributed by atoms with Crippen LogP contribution in [0.2, 0.25) is 0 Å². The summed E-state index contributed by atoms with van der Waals surface area (Å²) in [6.45, 7) is -0.426. The van der Waals surface area contributed by atoms with E-state index in [-0.39, 0.29) is 8.41 Å². The molecular weight excluding hydrogens is 181 g/mol. The maximum atomic E-state index is 10.5. The number of para-hydroxylation sites is 1. The van der Waals surface area contributed by atoms with Gasteiger partial charge in [0.2, 0.25) is 0 Å². The summed E-state index contributed by atoms with van der Waals surface area (Å²) in [6.07, 6.45) is 0. The molecule has 73 valence electrons. The van der Waals surface area contributed by atoms with Gasteiger partial charge in [-0.05, 0) is 12.1 Å². The molecule has 1 rings (SSSR count). The van der Waals surface area contributed by atoms with Crippen LogP contribution in [0.3, 0.4) is 0 Å². The van der Waals surface area contributed by atoms with Crippen LogP contribution in [0.5, 0.6) is 0 Å². The van der Waals surface area contributed by atoms with E-state index in [2.05, 4.69) is 5.32 Å². The fraction of sp³-hybridized carbons (Fsp3) is 0.222. The van der Waals surface area contributed by atoms with Crippen LogP contribution >= 0.6 is 0 Å². The van der Waals surface area contributed by atoms with Crippen molar-refractivity contribution in [3.8, 4) is 0 Å². The molecule has 1 aromatic rings. The Bertz CT molecular complexity index is 279. The Balaban J connectivity index is 0.00000169. The normalized spacial score (nSPS) is 11.2. The molecular formula is C9H11BNO3. The molecule has 3 radical (unpaired) electrons. The van der Waals surface area contributed by atoms with Gasteiger partial charge in [-0.1, -0.05) is 18.2 Å². The van der Waals surface area contributed by atoms with E-state index in [4.69, 9.17) is 10.2 Å². The standard InChI is InChI=1S/C9H11NO3.B/c11-6-8(9(12)13)10-7-4-2-1-3-5-7;/h1-5,8,10-11H,6H2,(H,12,13);/t8-;/m0./s1. The fourth-order valence-corrected chi connectivity index (χ4v) is 0.921. The van der Waals surface area contributed by atoms with Gasteiger partial charge < -0.3 is 15.5 Å². The number of rotatable bonds is 4. The summed E-state index contributed by atoms with van der Waals surface area (Å²) in [7, 11) is 0. The summed E-state index contributed by atoms with van der Waals surface area (Å²) in [5, 5.41) is 20.0. The van der Waals surface area contributed by atoms with Crippen LogP contribution in [0.25, 0.3) is 0 Å². The first kappa shape index (κ1) is 12.5. The third kappa shape index (κ3) is 3.49. The molecule has 0 aromatic heterocycles. The van der Waals surface area contributed by atoms with Crippen LogP contribution < -0.4 is 5.32 Å². The Morgan fingerprint density at radius 1 is 1.36 bits per heavy atom. The zero-order chi connectivity index (χ0) is 9.68. The molecule has 3 N–H and O–H groups in total. The number of benzene rings is 1. The van der Waals surface area contributed by atoms with Crippen LogP contribution in [-0.2, 0) is 4.79 Å². The Morgan fingerprint density at radius 3 is 2.36 bits per heavy atom. The van der Waals surface area contributed by atoms with E-state index in [1.54, 1.807) is 24.3 Å². The monoisotopic (exact) mass is 192 g/mol. The van der Waals surface area contributed by atoms with Crippen molar-refractivity contribution < 1.29 is 15.0 Å². The summed E-state index contributed by atoms with van der Waals surface area (Å²) >= 11 is 0. The van der Waals surface area contributed by atoms with E-state index in [0.717, 1.165) is 0 Å². The lowest BCUT2D eigenvalue weighted by atomic mass is 10.2. The average molecular weight is 192 g/mol. The van der Waals surface area contributed by atoms with Crippen molar-refractivity contribution in [1.29, 1.82) is 0 Å². The van der Waals surface area contributed by atoms with Gasteiger partial charge in [-0.3, -0.25) is 0 Å². The van der Waals surface area contributed by atoms with Gasteiger partial charge in [-0.15, -0.1) is 0 Å². The highest BCUT2D eigenvalue weighted by Gasteiger charge is 2.14. The SMILES string of the molecule is O=C(O)[C@H](CO)Nc1ccccc1.[B]. The first-order chi connectivity index (χ1) is 6.24. The second-order valence-corrected chi connectivity index (χ2v) is 2.58. The maximum absolute atomic E-state index is 10.5. The predicted octanol–water partition coefficient (Wildman–Crippen LogP) is 0.163. The van der Waals surface area contributed by atoms with Crippen molar-refractivity contribution in [3.05, 3.63) is 30.3 Å². The topological polar surface area (TPSA) is 69.6 Å². The molecule has 0 amide bonds. The number of carbonyl (C=O) groups is 1. The van der Waals surface area contributed by atoms with Crippen molar-refractivity contribution >= 4 is 20.1 Å². The molecule has 0 spiro atoms. The first-order valence-electron chi connectivity index (χ1n) is 3.89. The minimum Gasteiger partial charge on any atom is -0.480 e. The molecule has 0 saturated heterocycles. The molecule has 0 aliphatic carbocycles. The fourth-order valence-electron chi connectivity index (χ4n) is 0.921. The molecule has 1 aromatic carbocycles. The maximum Gasteiger partial charge on any atom is 0.328 e. The lowest BCUT2D eigenvalue weighted by molar-refractivity contribution is -0.138. The molecule has 0 saturated carbocycles. The minimum absolute atomic E-state index is 0. The second-order valence-electron chi connectivity index (χ2n) is 2.58. The van der Waals surface area contributed by atoms with Gasteiger partial charge in [0.25, 0.3) is 0 Å². The minimum atomic E-state index is -1.06. The van der Waals surface area contributed by atoms with Gasteiger partial charge >= 0.3 is 5.97 Å². The van der Waals surface area contributed by atoms with Crippen LogP contribution in [0.4, 0.5) is 5.69 Å². The Kier molecular flexibility index (Phi) is 5.40. The summed E-state index contributed by atoms with van der Waals surface area (Å²) in [4.78, 5) is 10.5. The number of aliphatic carboxylic acids is 1. The summed E-state index contributed by atoms with van der Waals surface area (Å²) in [5.41, 5.74) is 0.684. The van der Waals surface area contributed by atoms with E-state index >= 15 is 0 Å². The molecule has 4 nitrogen and oxygen atoms in total. The molecule has 5 heteroatoms. The van der Waals surface area contributed by atoms with Crippen molar-refractivity contribution in [2.45, 2.75) is 6.04 Å². The van der Waals surface area contributed by atoms with Gasteiger partial charge in [0, 0.05) is 14.1 Å². The van der Waals surface area contributed by atoms with Crippen molar-refractivity contribution in [2.24, 2.45) is 0 Å². The van der Waals surface area contributed by atoms with Gasteiger partial charge in [-0.2, -0.15) is 0 Å². The quantitative estimate of drug-likeness (QED) is 0.594. The highest BCUT2D eigenvalue weighted by molar-refractivity contribution is 5.77. The zero-order valence-electron chi connectivity index (χ0n) is 7.55. The predicted molar refractivity (Wildman–Crippen MR) is 54.3 cm³/mol. The summed E-state index contributed by atoms with van der Waals surface area (Å²) in [5.74, 6) is -1.06. The molecule has 0 aliphatic rings. The Labute approximate surface area is 84.1 Å². The van der Waals surface area contributed by atoms with Crippen LogP contribution in [0.1, 0.15) is 0 Å².